The van der Waals surface area contributed by atoms with Crippen molar-refractivity contribution in [1.29, 1.82) is 0 Å². The van der Waals surface area contributed by atoms with Gasteiger partial charge < -0.3 is 0 Å². The third kappa shape index (κ3) is 3.27. The Morgan fingerprint density at radius 1 is 0.926 bits per heavy atom. The molecule has 4 rings (SSSR count). The number of aryl methyl sites for hydroxylation is 1. The number of hydrogen-bond acceptors (Lipinski definition) is 2. The SMILES string of the molecule is Cc1ccc(S(=O)(=O)N2CC=C(c3ccccc3)c3cc(Cl)ccc32)cc1. The third-order valence-corrected chi connectivity index (χ3v) is 6.70. The summed E-state index contributed by atoms with van der Waals surface area (Å²) >= 11 is 6.23. The summed E-state index contributed by atoms with van der Waals surface area (Å²) in [5.74, 6) is 0. The predicted molar refractivity (Wildman–Crippen MR) is 111 cm³/mol. The summed E-state index contributed by atoms with van der Waals surface area (Å²) in [6.45, 7) is 2.21. The van der Waals surface area contributed by atoms with E-state index in [0.29, 0.717) is 10.7 Å². The normalized spacial score (nSPS) is 13.9. The first-order chi connectivity index (χ1) is 13.0. The van der Waals surface area contributed by atoms with Crippen LogP contribution in [0.2, 0.25) is 5.02 Å². The fourth-order valence-corrected chi connectivity index (χ4v) is 4.88. The zero-order valence-electron chi connectivity index (χ0n) is 14.8. The zero-order chi connectivity index (χ0) is 19.0. The van der Waals surface area contributed by atoms with Crippen molar-refractivity contribution in [2.75, 3.05) is 10.8 Å². The molecule has 3 nitrogen and oxygen atoms in total. The van der Waals surface area contributed by atoms with Crippen molar-refractivity contribution >= 4 is 32.9 Å². The molecule has 0 radical (unpaired) electrons. The van der Waals surface area contributed by atoms with E-state index in [1.54, 1.807) is 24.3 Å². The summed E-state index contributed by atoms with van der Waals surface area (Å²) in [4.78, 5) is 0.283. The van der Waals surface area contributed by atoms with Crippen molar-refractivity contribution in [3.63, 3.8) is 0 Å². The second kappa shape index (κ2) is 6.87. The number of benzene rings is 3. The fourth-order valence-electron chi connectivity index (χ4n) is 3.28. The van der Waals surface area contributed by atoms with Gasteiger partial charge >= 0.3 is 0 Å². The van der Waals surface area contributed by atoms with Crippen LogP contribution in [0.1, 0.15) is 16.7 Å². The third-order valence-electron chi connectivity index (χ3n) is 4.67. The fraction of sp³-hybridized carbons (Fsp3) is 0.0909. The molecular formula is C22H18ClNO2S. The smallest absolute Gasteiger partial charge is 0.262 e. The van der Waals surface area contributed by atoms with E-state index in [1.807, 2.05) is 61.5 Å². The lowest BCUT2D eigenvalue weighted by atomic mass is 9.94. The maximum Gasteiger partial charge on any atom is 0.264 e. The van der Waals surface area contributed by atoms with Crippen molar-refractivity contribution in [2.45, 2.75) is 11.8 Å². The van der Waals surface area contributed by atoms with Gasteiger partial charge in [0.25, 0.3) is 10.0 Å². The first-order valence-corrected chi connectivity index (χ1v) is 10.4. The minimum Gasteiger partial charge on any atom is -0.262 e. The lowest BCUT2D eigenvalue weighted by molar-refractivity contribution is 0.592. The molecule has 0 aromatic heterocycles. The molecule has 1 heterocycles. The molecule has 0 bridgehead atoms. The van der Waals surface area contributed by atoms with Gasteiger partial charge in [0.2, 0.25) is 0 Å². The van der Waals surface area contributed by atoms with E-state index < -0.39 is 10.0 Å². The highest BCUT2D eigenvalue weighted by atomic mass is 35.5. The maximum absolute atomic E-state index is 13.3. The standard InChI is InChI=1S/C22H18ClNO2S/c1-16-7-10-19(11-8-16)27(25,26)24-14-13-20(17-5-3-2-4-6-17)21-15-18(23)9-12-22(21)24/h2-13,15H,14H2,1H3. The molecule has 136 valence electrons. The van der Waals surface area contributed by atoms with E-state index in [-0.39, 0.29) is 11.4 Å². The van der Waals surface area contributed by atoms with Crippen molar-refractivity contribution in [1.82, 2.24) is 0 Å². The van der Waals surface area contributed by atoms with Crippen molar-refractivity contribution in [3.05, 3.63) is 101 Å². The van der Waals surface area contributed by atoms with E-state index in [2.05, 4.69) is 0 Å². The average Bonchev–Trinajstić information content (AvgIpc) is 2.68. The van der Waals surface area contributed by atoms with E-state index in [0.717, 1.165) is 22.3 Å². The molecule has 0 N–H and O–H groups in total. The summed E-state index contributed by atoms with van der Waals surface area (Å²) in [6.07, 6.45) is 1.94. The highest BCUT2D eigenvalue weighted by Crippen LogP contribution is 2.39. The van der Waals surface area contributed by atoms with Crippen LogP contribution >= 0.6 is 11.6 Å². The summed E-state index contributed by atoms with van der Waals surface area (Å²) in [5.41, 5.74) is 4.50. The molecule has 1 aliphatic heterocycles. The molecule has 0 amide bonds. The van der Waals surface area contributed by atoms with Gasteiger partial charge in [-0.1, -0.05) is 65.7 Å². The lowest BCUT2D eigenvalue weighted by Gasteiger charge is -2.30. The average molecular weight is 396 g/mol. The van der Waals surface area contributed by atoms with Gasteiger partial charge in [0.05, 0.1) is 17.1 Å². The minimum absolute atomic E-state index is 0.273. The zero-order valence-corrected chi connectivity index (χ0v) is 16.3. The van der Waals surface area contributed by atoms with Crippen LogP contribution < -0.4 is 4.31 Å². The number of rotatable bonds is 3. The number of anilines is 1. The number of nitrogens with zero attached hydrogens (tertiary/aromatic N) is 1. The Morgan fingerprint density at radius 3 is 2.33 bits per heavy atom. The molecule has 0 spiro atoms. The van der Waals surface area contributed by atoms with Gasteiger partial charge in [0.15, 0.2) is 0 Å². The molecular weight excluding hydrogens is 378 g/mol. The number of hydrogen-bond donors (Lipinski definition) is 0. The van der Waals surface area contributed by atoms with Crippen LogP contribution in [-0.4, -0.2) is 15.0 Å². The molecule has 27 heavy (non-hydrogen) atoms. The Hall–Kier alpha value is -2.56. The maximum atomic E-state index is 13.3. The Bertz CT molecular complexity index is 1120. The first kappa shape index (κ1) is 17.8. The Kier molecular flexibility index (Phi) is 4.54. The number of fused-ring (bicyclic) bond motifs is 1. The second-order valence-corrected chi connectivity index (χ2v) is 8.79. The van der Waals surface area contributed by atoms with E-state index >= 15 is 0 Å². The van der Waals surface area contributed by atoms with Crippen LogP contribution in [0.5, 0.6) is 0 Å². The molecule has 1 aliphatic rings. The van der Waals surface area contributed by atoms with Crippen LogP contribution in [0.3, 0.4) is 0 Å². The van der Waals surface area contributed by atoms with Crippen molar-refractivity contribution in [3.8, 4) is 0 Å². The van der Waals surface area contributed by atoms with E-state index in [4.69, 9.17) is 11.6 Å². The largest absolute Gasteiger partial charge is 0.264 e. The molecule has 0 unspecified atom stereocenters. The molecule has 3 aromatic rings. The Balaban J connectivity index is 1.85. The first-order valence-electron chi connectivity index (χ1n) is 8.62. The van der Waals surface area contributed by atoms with E-state index in [1.165, 1.54) is 4.31 Å². The van der Waals surface area contributed by atoms with Gasteiger partial charge in [-0.25, -0.2) is 8.42 Å². The molecule has 0 atom stereocenters. The van der Waals surface area contributed by atoms with Crippen LogP contribution in [0, 0.1) is 6.92 Å². The second-order valence-electron chi connectivity index (χ2n) is 6.49. The molecule has 5 heteroatoms. The number of sulfonamides is 1. The van der Waals surface area contributed by atoms with Gasteiger partial charge in [-0.15, -0.1) is 0 Å². The van der Waals surface area contributed by atoms with Crippen LogP contribution in [0.25, 0.3) is 5.57 Å². The van der Waals surface area contributed by atoms with Gasteiger partial charge in [-0.3, -0.25) is 4.31 Å². The molecule has 0 saturated carbocycles. The molecule has 0 fully saturated rings. The van der Waals surface area contributed by atoms with Gasteiger partial charge in [-0.05, 0) is 48.4 Å². The van der Waals surface area contributed by atoms with E-state index in [9.17, 15) is 8.42 Å². The van der Waals surface area contributed by atoms with Gasteiger partial charge in [0, 0.05) is 10.6 Å². The highest BCUT2D eigenvalue weighted by molar-refractivity contribution is 7.92. The van der Waals surface area contributed by atoms with Gasteiger partial charge in [-0.2, -0.15) is 0 Å². The van der Waals surface area contributed by atoms with Crippen LogP contribution in [0.15, 0.2) is 83.8 Å². The number of halogens is 1. The van der Waals surface area contributed by atoms with Gasteiger partial charge in [0.1, 0.15) is 0 Å². The summed E-state index contributed by atoms with van der Waals surface area (Å²) in [6, 6.07) is 22.2. The summed E-state index contributed by atoms with van der Waals surface area (Å²) in [7, 11) is -3.66. The predicted octanol–water partition coefficient (Wildman–Crippen LogP) is 5.29. The monoisotopic (exact) mass is 395 g/mol. The lowest BCUT2D eigenvalue weighted by Crippen LogP contribution is -2.34. The minimum atomic E-state index is -3.66. The summed E-state index contributed by atoms with van der Waals surface area (Å²) < 4.78 is 27.9. The summed E-state index contributed by atoms with van der Waals surface area (Å²) in [5, 5.41) is 0.574. The van der Waals surface area contributed by atoms with Crippen molar-refractivity contribution in [2.24, 2.45) is 0 Å². The van der Waals surface area contributed by atoms with Crippen LogP contribution in [-0.2, 0) is 10.0 Å². The Labute approximate surface area is 164 Å². The highest BCUT2D eigenvalue weighted by Gasteiger charge is 2.30. The Morgan fingerprint density at radius 2 is 1.63 bits per heavy atom. The molecule has 3 aromatic carbocycles. The van der Waals surface area contributed by atoms with Crippen LogP contribution in [0.4, 0.5) is 5.69 Å². The van der Waals surface area contributed by atoms with Crippen molar-refractivity contribution < 1.29 is 8.42 Å². The topological polar surface area (TPSA) is 37.4 Å². The molecule has 0 saturated heterocycles. The quantitative estimate of drug-likeness (QED) is 0.604. The molecule has 0 aliphatic carbocycles.